The predicted octanol–water partition coefficient (Wildman–Crippen LogP) is 4.37. The lowest BCUT2D eigenvalue weighted by atomic mass is 10.1. The zero-order valence-electron chi connectivity index (χ0n) is 8.78. The van der Waals surface area contributed by atoms with Crippen molar-refractivity contribution in [2.75, 3.05) is 0 Å². The van der Waals surface area contributed by atoms with Crippen LogP contribution in [0.4, 0.5) is 0 Å². The Hall–Kier alpha value is -1.04. The van der Waals surface area contributed by atoms with Crippen LogP contribution in [0.3, 0.4) is 0 Å². The molecule has 1 rings (SSSR count). The summed E-state index contributed by atoms with van der Waals surface area (Å²) in [5.41, 5.74) is 0. The van der Waals surface area contributed by atoms with Gasteiger partial charge in [-0.25, -0.2) is 0 Å². The number of rotatable bonds is 0. The fourth-order valence-corrected chi connectivity index (χ4v) is 1.36. The van der Waals surface area contributed by atoms with Gasteiger partial charge >= 0.3 is 0 Å². The van der Waals surface area contributed by atoms with E-state index in [0.717, 1.165) is 12.8 Å². The van der Waals surface area contributed by atoms with E-state index in [4.69, 9.17) is 0 Å². The lowest BCUT2D eigenvalue weighted by molar-refractivity contribution is 0.761. The standard InChI is InChI=1S/C14H19/c1-2-4-6-8-10-12-14-13-11-9-7-5-3-1/h1-4,7,13-14H,5-6,8,10-12H2/b3-1+,4-2-,9-7?,14-13+. The topological polar surface area (TPSA) is 0 Å². The van der Waals surface area contributed by atoms with Crippen molar-refractivity contribution in [3.8, 4) is 0 Å². The molecule has 0 heteroatoms. The Morgan fingerprint density at radius 2 is 1.57 bits per heavy atom. The monoisotopic (exact) mass is 187 g/mol. The third-order valence-corrected chi connectivity index (χ3v) is 2.18. The van der Waals surface area contributed by atoms with E-state index in [1.54, 1.807) is 0 Å². The Morgan fingerprint density at radius 1 is 0.786 bits per heavy atom. The zero-order valence-corrected chi connectivity index (χ0v) is 8.78. The van der Waals surface area contributed by atoms with Gasteiger partial charge in [0.1, 0.15) is 0 Å². The first kappa shape index (κ1) is 11.0. The maximum Gasteiger partial charge on any atom is -0.00978 e. The van der Waals surface area contributed by atoms with Gasteiger partial charge in [0.2, 0.25) is 0 Å². The molecular formula is C14H19. The van der Waals surface area contributed by atoms with E-state index in [1.807, 2.05) is 0 Å². The van der Waals surface area contributed by atoms with Gasteiger partial charge in [-0.15, -0.1) is 0 Å². The average Bonchev–Trinajstić information content (AvgIpc) is 2.22. The lowest BCUT2D eigenvalue weighted by Crippen LogP contribution is -1.73. The molecule has 75 valence electrons. The smallest absolute Gasteiger partial charge is 0.00978 e. The van der Waals surface area contributed by atoms with Crippen molar-refractivity contribution in [3.05, 3.63) is 48.6 Å². The second kappa shape index (κ2) is 8.55. The van der Waals surface area contributed by atoms with Gasteiger partial charge in [-0.2, -0.15) is 0 Å². The van der Waals surface area contributed by atoms with Gasteiger partial charge in [-0.1, -0.05) is 42.5 Å². The highest BCUT2D eigenvalue weighted by Gasteiger charge is 1.83. The molecule has 0 atom stereocenters. The fraction of sp³-hybridized carbons (Fsp3) is 0.429. The molecule has 0 saturated heterocycles. The second-order valence-electron chi connectivity index (χ2n) is 3.46. The minimum Gasteiger partial charge on any atom is -0.0882 e. The van der Waals surface area contributed by atoms with Crippen LogP contribution in [-0.4, -0.2) is 0 Å². The Kier molecular flexibility index (Phi) is 6.74. The van der Waals surface area contributed by atoms with Crippen molar-refractivity contribution in [1.82, 2.24) is 0 Å². The number of hydrogen-bond acceptors (Lipinski definition) is 0. The molecule has 0 bridgehead atoms. The van der Waals surface area contributed by atoms with Crippen molar-refractivity contribution in [3.63, 3.8) is 0 Å². The second-order valence-corrected chi connectivity index (χ2v) is 3.46. The van der Waals surface area contributed by atoms with Gasteiger partial charge in [0.05, 0.1) is 0 Å². The van der Waals surface area contributed by atoms with Crippen molar-refractivity contribution in [2.24, 2.45) is 0 Å². The first-order chi connectivity index (χ1) is 7.00. The summed E-state index contributed by atoms with van der Waals surface area (Å²) in [6, 6.07) is 0. The van der Waals surface area contributed by atoms with Crippen molar-refractivity contribution >= 4 is 0 Å². The van der Waals surface area contributed by atoms with Crippen molar-refractivity contribution in [1.29, 1.82) is 0 Å². The minimum atomic E-state index is 0.962. The maximum absolute atomic E-state index is 3.25. The molecular weight excluding hydrogens is 168 g/mol. The lowest BCUT2D eigenvalue weighted by Gasteiger charge is -1.92. The summed E-state index contributed by atoms with van der Waals surface area (Å²) in [5, 5.41) is 0. The molecule has 1 radical (unpaired) electrons. The van der Waals surface area contributed by atoms with Gasteiger partial charge in [-0.3, -0.25) is 0 Å². The highest BCUT2D eigenvalue weighted by Crippen LogP contribution is 2.03. The molecule has 0 N–H and O–H groups in total. The molecule has 0 spiro atoms. The molecule has 1 aliphatic carbocycles. The normalized spacial score (nSPS) is 28.6. The molecule has 0 nitrogen and oxygen atoms in total. The largest absolute Gasteiger partial charge is 0.0882 e. The summed E-state index contributed by atoms with van der Waals surface area (Å²) in [4.78, 5) is 0. The van der Waals surface area contributed by atoms with Crippen LogP contribution in [0.5, 0.6) is 0 Å². The molecule has 0 amide bonds. The Labute approximate surface area is 87.7 Å². The molecule has 0 aromatic heterocycles. The summed E-state index contributed by atoms with van der Waals surface area (Å²) in [5.74, 6) is 0. The van der Waals surface area contributed by atoms with E-state index < -0.39 is 0 Å². The summed E-state index contributed by atoms with van der Waals surface area (Å²) < 4.78 is 0. The quantitative estimate of drug-likeness (QED) is 0.494. The van der Waals surface area contributed by atoms with E-state index in [1.165, 1.54) is 25.7 Å². The van der Waals surface area contributed by atoms with Gasteiger partial charge in [0.25, 0.3) is 0 Å². The molecule has 0 heterocycles. The average molecular weight is 187 g/mol. The van der Waals surface area contributed by atoms with E-state index in [-0.39, 0.29) is 0 Å². The molecule has 0 aliphatic heterocycles. The maximum atomic E-state index is 3.25. The summed E-state index contributed by atoms with van der Waals surface area (Å²) in [7, 11) is 0. The Balaban J connectivity index is 2.35. The predicted molar refractivity (Wildman–Crippen MR) is 62.9 cm³/mol. The summed E-state index contributed by atoms with van der Waals surface area (Å²) in [6.07, 6.45) is 25.5. The van der Waals surface area contributed by atoms with Gasteiger partial charge in [0, 0.05) is 0 Å². The van der Waals surface area contributed by atoms with Crippen LogP contribution < -0.4 is 0 Å². The molecule has 0 saturated carbocycles. The zero-order chi connectivity index (χ0) is 9.90. The highest BCUT2D eigenvalue weighted by molar-refractivity contribution is 5.04. The van der Waals surface area contributed by atoms with Crippen molar-refractivity contribution in [2.45, 2.75) is 38.5 Å². The fourth-order valence-electron chi connectivity index (χ4n) is 1.36. The van der Waals surface area contributed by atoms with Crippen LogP contribution in [0.2, 0.25) is 0 Å². The molecule has 0 unspecified atom stereocenters. The van der Waals surface area contributed by atoms with E-state index in [0.29, 0.717) is 0 Å². The van der Waals surface area contributed by atoms with E-state index in [2.05, 4.69) is 48.6 Å². The van der Waals surface area contributed by atoms with Crippen LogP contribution in [0, 0.1) is 6.08 Å². The number of allylic oxidation sites excluding steroid dienone is 8. The van der Waals surface area contributed by atoms with Crippen LogP contribution in [-0.2, 0) is 0 Å². The third kappa shape index (κ3) is 6.47. The van der Waals surface area contributed by atoms with Gasteiger partial charge in [0.15, 0.2) is 0 Å². The Morgan fingerprint density at radius 3 is 2.50 bits per heavy atom. The van der Waals surface area contributed by atoms with Crippen LogP contribution in [0.15, 0.2) is 42.5 Å². The van der Waals surface area contributed by atoms with E-state index in [9.17, 15) is 0 Å². The first-order valence-corrected chi connectivity index (χ1v) is 5.52. The first-order valence-electron chi connectivity index (χ1n) is 5.52. The molecule has 0 aromatic carbocycles. The minimum absolute atomic E-state index is 0.962. The SMILES string of the molecule is [C]1=C/C/C=C/C=C\CCCC/C=C/C/1. The molecule has 1 aliphatic rings. The summed E-state index contributed by atoms with van der Waals surface area (Å²) in [6.45, 7) is 0. The Bertz CT molecular complexity index is 228. The van der Waals surface area contributed by atoms with Crippen LogP contribution in [0.25, 0.3) is 0 Å². The van der Waals surface area contributed by atoms with Gasteiger partial charge < -0.3 is 0 Å². The third-order valence-electron chi connectivity index (χ3n) is 2.18. The van der Waals surface area contributed by atoms with Gasteiger partial charge in [-0.05, 0) is 44.6 Å². The van der Waals surface area contributed by atoms with Crippen LogP contribution >= 0.6 is 0 Å². The molecule has 0 fully saturated rings. The van der Waals surface area contributed by atoms with Crippen LogP contribution in [0.1, 0.15) is 38.5 Å². The highest BCUT2D eigenvalue weighted by atomic mass is 13.9. The number of hydrogen-bond donors (Lipinski definition) is 0. The molecule has 14 heavy (non-hydrogen) atoms. The van der Waals surface area contributed by atoms with E-state index >= 15 is 0 Å². The molecule has 0 aromatic rings. The van der Waals surface area contributed by atoms with Crippen molar-refractivity contribution < 1.29 is 0 Å². The summed E-state index contributed by atoms with van der Waals surface area (Å²) >= 11 is 0.